The third kappa shape index (κ3) is 54.7. The van der Waals surface area contributed by atoms with E-state index in [1.54, 1.807) is 0 Å². The summed E-state index contributed by atoms with van der Waals surface area (Å²) >= 11 is 0. The van der Waals surface area contributed by atoms with Crippen molar-refractivity contribution in [3.63, 3.8) is 0 Å². The third-order valence-electron chi connectivity index (χ3n) is 18.6. The topological polar surface area (TPSA) is 24.7 Å². The molecule has 0 fully saturated rings. The molecule has 0 heterocycles. The number of hydrogen-bond acceptors (Lipinski definition) is 2. The van der Waals surface area contributed by atoms with Gasteiger partial charge in [0.25, 0.3) is 0 Å². The summed E-state index contributed by atoms with van der Waals surface area (Å²) in [5, 5.41) is 0. The minimum Gasteiger partial charge on any atom is -0.251 e. The maximum atomic E-state index is 5.39. The van der Waals surface area contributed by atoms with E-state index in [4.69, 9.17) is 9.98 Å². The smallest absolute Gasteiger partial charge is 0.0848 e. The Morgan fingerprint density at radius 2 is 0.482 bits per heavy atom. The number of benzene rings is 2. The van der Waals surface area contributed by atoms with E-state index in [0.717, 1.165) is 48.5 Å². The van der Waals surface area contributed by atoms with Crippen LogP contribution in [0.4, 0.5) is 11.4 Å². The monoisotopic (exact) mass is 1220 g/mol. The van der Waals surface area contributed by atoms with Crippen LogP contribution in [0.3, 0.4) is 0 Å². The molecule has 0 atom stereocenters. The largest absolute Gasteiger partial charge is 0.251 e. The van der Waals surface area contributed by atoms with Gasteiger partial charge in [-0.3, -0.25) is 4.99 Å². The van der Waals surface area contributed by atoms with E-state index in [2.05, 4.69) is 88.4 Å². The molecule has 0 unspecified atom stereocenters. The van der Waals surface area contributed by atoms with Crippen molar-refractivity contribution in [2.75, 3.05) is 0 Å². The maximum Gasteiger partial charge on any atom is 0.0848 e. The molecule has 2 aromatic rings. The molecule has 0 N–H and O–H groups in total. The van der Waals surface area contributed by atoms with Crippen LogP contribution >= 0.6 is 0 Å². The van der Waals surface area contributed by atoms with Crippen molar-refractivity contribution in [2.45, 2.75) is 426 Å². The van der Waals surface area contributed by atoms with Crippen molar-refractivity contribution in [3.05, 3.63) is 71.8 Å². The van der Waals surface area contributed by atoms with Crippen LogP contribution in [0.5, 0.6) is 0 Å². The number of allylic oxidation sites excluding steroid dienone is 2. The summed E-state index contributed by atoms with van der Waals surface area (Å²) in [6.45, 7) is 9.24. The molecule has 494 valence electrons. The van der Waals surface area contributed by atoms with E-state index in [-0.39, 0.29) is 16.5 Å². The van der Waals surface area contributed by atoms with Gasteiger partial charge in [0.1, 0.15) is 0 Å². The Hall–Kier alpha value is -1.99. The molecular weight excluding hydrogens is 1070 g/mol. The second-order valence-corrected chi connectivity index (χ2v) is 26.9. The average Bonchev–Trinajstić information content (AvgIpc) is 3.71. The molecule has 2 rings (SSSR count). The first-order chi connectivity index (χ1) is 41.7. The number of aryl methyl sites for hydroxylation is 2. The van der Waals surface area contributed by atoms with Crippen molar-refractivity contribution >= 4 is 22.8 Å². The summed E-state index contributed by atoms with van der Waals surface area (Å²) in [6.07, 6.45) is 91.3. The Morgan fingerprint density at radius 3 is 0.741 bits per heavy atom. The Labute approximate surface area is 543 Å². The van der Waals surface area contributed by atoms with Gasteiger partial charge in [0.15, 0.2) is 0 Å². The Morgan fingerprint density at radius 1 is 0.259 bits per heavy atom. The van der Waals surface area contributed by atoms with E-state index >= 15 is 0 Å². The molecule has 0 spiro atoms. The van der Waals surface area contributed by atoms with Gasteiger partial charge in [0.2, 0.25) is 0 Å². The normalized spacial score (nSPS) is 12.1. The van der Waals surface area contributed by atoms with Gasteiger partial charge in [-0.2, -0.15) is 0 Å². The van der Waals surface area contributed by atoms with E-state index in [1.807, 2.05) is 0 Å². The van der Waals surface area contributed by atoms with E-state index in [0.29, 0.717) is 0 Å². The Kier molecular flexibility index (Phi) is 63.3. The molecule has 2 aromatic carbocycles. The second kappa shape index (κ2) is 66.4. The van der Waals surface area contributed by atoms with Crippen molar-refractivity contribution in [3.8, 4) is 0 Å². The van der Waals surface area contributed by atoms with Gasteiger partial charge in [-0.1, -0.05) is 405 Å². The van der Waals surface area contributed by atoms with Crippen LogP contribution in [-0.2, 0) is 29.3 Å². The van der Waals surface area contributed by atoms with Gasteiger partial charge in [0.05, 0.1) is 22.8 Å². The molecule has 0 bridgehead atoms. The van der Waals surface area contributed by atoms with Gasteiger partial charge in [-0.15, -0.1) is 0 Å². The second-order valence-electron chi connectivity index (χ2n) is 26.9. The molecule has 0 saturated heterocycles. The minimum atomic E-state index is 0. The number of aliphatic imine (C=N–C) groups is 2. The summed E-state index contributed by atoms with van der Waals surface area (Å²) in [5.41, 5.74) is 7.21. The fraction of sp³-hybridized carbons (Fsp3) is 0.805. The summed E-state index contributed by atoms with van der Waals surface area (Å²) in [4.78, 5) is 10.8. The summed E-state index contributed by atoms with van der Waals surface area (Å²) in [7, 11) is 0. The van der Waals surface area contributed by atoms with Crippen LogP contribution in [0.2, 0.25) is 0 Å². The molecule has 85 heavy (non-hydrogen) atoms. The minimum absolute atomic E-state index is 0. The molecule has 0 aliphatic heterocycles. The van der Waals surface area contributed by atoms with Gasteiger partial charge in [0, 0.05) is 16.5 Å². The molecule has 0 aliphatic rings. The average molecular weight is 1220 g/mol. The zero-order valence-electron chi connectivity index (χ0n) is 57.8. The molecule has 0 amide bonds. The van der Waals surface area contributed by atoms with Gasteiger partial charge < -0.3 is 0 Å². The summed E-state index contributed by atoms with van der Waals surface area (Å²) in [5.74, 6) is 0. The van der Waals surface area contributed by atoms with Crippen molar-refractivity contribution in [1.29, 1.82) is 0 Å². The van der Waals surface area contributed by atoms with Crippen LogP contribution in [-0.4, -0.2) is 11.4 Å². The van der Waals surface area contributed by atoms with Crippen molar-refractivity contribution in [2.24, 2.45) is 9.98 Å². The van der Waals surface area contributed by atoms with Crippen LogP contribution in [0.15, 0.2) is 70.7 Å². The van der Waals surface area contributed by atoms with Gasteiger partial charge in [-0.05, 0) is 92.8 Å². The molecule has 2 nitrogen and oxygen atoms in total. The molecule has 0 aromatic heterocycles. The number of unbranched alkanes of at least 4 members (excludes halogenated alkanes) is 55. The summed E-state index contributed by atoms with van der Waals surface area (Å²) < 4.78 is 0. The van der Waals surface area contributed by atoms with Crippen LogP contribution in [0.25, 0.3) is 0 Å². The zero-order chi connectivity index (χ0) is 59.8. The first kappa shape index (κ1) is 81.0. The Bertz CT molecular complexity index is 1710. The van der Waals surface area contributed by atoms with E-state index < -0.39 is 0 Å². The van der Waals surface area contributed by atoms with Gasteiger partial charge >= 0.3 is 0 Å². The third-order valence-corrected chi connectivity index (χ3v) is 18.6. The van der Waals surface area contributed by atoms with Crippen LogP contribution < -0.4 is 0 Å². The molecular formula is C82H146N2Ni. The van der Waals surface area contributed by atoms with Crippen LogP contribution in [0, 0.1) is 0 Å². The molecule has 0 radical (unpaired) electrons. The standard InChI is InChI=1S/C82H146N2.Ni/c1-5-9-13-16-19-22-25-28-31-34-37-39-41-44-47-50-53-56-59-62-65-77-69-73-79(74-70-77)83-81(67-12-8-4)82(68-64-61-58-55-52-49-46-43-36-33-30-27-24-21-18-15-11-7-3)84-80-75-71-78(72-76-80)66-63-60-57-54-51-48-45-42-40-38-35-32-29-26-23-20-17-14-10-6-2;/h64,68-76H,5-63,65-67H2,1-4H3;. The maximum absolute atomic E-state index is 5.39. The number of rotatable bonds is 66. The fourth-order valence-corrected chi connectivity index (χ4v) is 12.7. The molecule has 0 aliphatic carbocycles. The van der Waals surface area contributed by atoms with E-state index in [9.17, 15) is 0 Å². The van der Waals surface area contributed by atoms with Crippen molar-refractivity contribution in [1.82, 2.24) is 0 Å². The molecule has 3 heteroatoms. The number of hydrogen-bond donors (Lipinski definition) is 0. The zero-order valence-corrected chi connectivity index (χ0v) is 58.8. The molecule has 0 saturated carbocycles. The first-order valence-corrected chi connectivity index (χ1v) is 38.7. The SMILES string of the molecule is CCCCCCCCCCCCCCCCCCC=CC(=Nc1ccc(CCCCCCCCCCCCCCCCCCCCCC)cc1)C(CCCC)=Nc1ccc(CCCCCCCCCCCCCCCCCCCCCC)cc1.[Ni]. The first-order valence-electron chi connectivity index (χ1n) is 38.7. The number of nitrogens with zero attached hydrogens (tertiary/aromatic N) is 2. The fourth-order valence-electron chi connectivity index (χ4n) is 12.7. The quantitative estimate of drug-likeness (QED) is 0.0358. The summed E-state index contributed by atoms with van der Waals surface area (Å²) in [6, 6.07) is 18.4. The van der Waals surface area contributed by atoms with Crippen LogP contribution in [0.1, 0.15) is 424 Å². The van der Waals surface area contributed by atoms with Crippen molar-refractivity contribution < 1.29 is 16.5 Å². The van der Waals surface area contributed by atoms with Gasteiger partial charge in [-0.25, -0.2) is 4.99 Å². The Balaban J connectivity index is 0.0000361. The predicted molar refractivity (Wildman–Crippen MR) is 383 cm³/mol. The van der Waals surface area contributed by atoms with E-state index in [1.165, 1.54) is 384 Å². The predicted octanol–water partition coefficient (Wildman–Crippen LogP) is 29.7.